The predicted molar refractivity (Wildman–Crippen MR) is 125 cm³/mol. The average Bonchev–Trinajstić information content (AvgIpc) is 3.41. The number of anilines is 1. The molecule has 2 aromatic heterocycles. The minimum absolute atomic E-state index is 0.0278. The van der Waals surface area contributed by atoms with Gasteiger partial charge in [-0.05, 0) is 37.5 Å². The number of carbonyl (C=O) groups excluding carboxylic acids is 1. The van der Waals surface area contributed by atoms with Crippen molar-refractivity contribution in [1.29, 1.82) is 0 Å². The van der Waals surface area contributed by atoms with E-state index in [4.69, 9.17) is 20.4 Å². The monoisotopic (exact) mass is 428 g/mol. The summed E-state index contributed by atoms with van der Waals surface area (Å²) in [6.07, 6.45) is 3.66. The second-order valence-electron chi connectivity index (χ2n) is 7.96. The number of amides is 1. The topological polar surface area (TPSA) is 107 Å². The molecule has 32 heavy (non-hydrogen) atoms. The number of benzene rings is 2. The number of nitrogens with zero attached hydrogens (tertiary/aromatic N) is 4. The molecule has 162 valence electrons. The molecule has 2 aromatic carbocycles. The number of hydrogen-bond donors (Lipinski definition) is 2. The van der Waals surface area contributed by atoms with Crippen LogP contribution < -0.4 is 11.1 Å². The highest BCUT2D eigenvalue weighted by Crippen LogP contribution is 2.28. The van der Waals surface area contributed by atoms with Crippen molar-refractivity contribution >= 4 is 40.1 Å². The molecule has 3 N–H and O–H groups in total. The molecule has 5 rings (SSSR count). The van der Waals surface area contributed by atoms with Crippen LogP contribution >= 0.6 is 0 Å². The van der Waals surface area contributed by atoms with Crippen molar-refractivity contribution in [3.63, 3.8) is 0 Å². The highest BCUT2D eigenvalue weighted by atomic mass is 16.5. The molecule has 1 atom stereocenters. The third kappa shape index (κ3) is 3.80. The van der Waals surface area contributed by atoms with Crippen molar-refractivity contribution in [3.05, 3.63) is 65.2 Å². The Morgan fingerprint density at radius 3 is 2.69 bits per heavy atom. The molecule has 0 saturated carbocycles. The number of aromatic nitrogens is 3. The van der Waals surface area contributed by atoms with E-state index < -0.39 is 0 Å². The first-order chi connectivity index (χ1) is 15.6. The van der Waals surface area contributed by atoms with E-state index in [9.17, 15) is 4.79 Å². The smallest absolute Gasteiger partial charge is 0.257 e. The standard InChI is InChI=1S/C24H24N6O2/c1-15-8-10-16(11-9-15)13-27-30-22(25)20(24(31)26-14-17-5-4-12-32-17)21-23(30)29-19-7-3-2-6-18(19)28-21/h2-3,6-11,13,17H,4-5,12,14,25H2,1H3,(H,26,31)/b27-13+. The summed E-state index contributed by atoms with van der Waals surface area (Å²) in [4.78, 5) is 22.5. The molecular weight excluding hydrogens is 404 g/mol. The zero-order valence-electron chi connectivity index (χ0n) is 17.8. The second-order valence-corrected chi connectivity index (χ2v) is 7.96. The lowest BCUT2D eigenvalue weighted by Gasteiger charge is -2.10. The number of nitrogens with two attached hydrogens (primary N) is 1. The lowest BCUT2D eigenvalue weighted by molar-refractivity contribution is 0.0859. The molecular formula is C24H24N6O2. The Hall–Kier alpha value is -3.78. The van der Waals surface area contributed by atoms with Crippen LogP contribution in [-0.2, 0) is 4.74 Å². The summed E-state index contributed by atoms with van der Waals surface area (Å²) in [5, 5.41) is 7.48. The van der Waals surface area contributed by atoms with E-state index in [1.807, 2.05) is 55.5 Å². The Morgan fingerprint density at radius 1 is 1.22 bits per heavy atom. The molecule has 1 amide bonds. The Bertz CT molecular complexity index is 1320. The summed E-state index contributed by atoms with van der Waals surface area (Å²) in [6, 6.07) is 15.5. The van der Waals surface area contributed by atoms with Crippen LogP contribution in [0.1, 0.15) is 34.3 Å². The summed E-state index contributed by atoms with van der Waals surface area (Å²) in [6.45, 7) is 3.19. The summed E-state index contributed by atoms with van der Waals surface area (Å²) < 4.78 is 7.09. The largest absolute Gasteiger partial charge is 0.383 e. The van der Waals surface area contributed by atoms with E-state index in [2.05, 4.69) is 10.4 Å². The zero-order valence-corrected chi connectivity index (χ0v) is 17.8. The third-order valence-electron chi connectivity index (χ3n) is 5.61. The van der Waals surface area contributed by atoms with Crippen LogP contribution in [0.5, 0.6) is 0 Å². The van der Waals surface area contributed by atoms with Gasteiger partial charge in [0.2, 0.25) is 0 Å². The minimum Gasteiger partial charge on any atom is -0.383 e. The van der Waals surface area contributed by atoms with Crippen molar-refractivity contribution in [3.8, 4) is 0 Å². The number of rotatable bonds is 5. The van der Waals surface area contributed by atoms with Crippen molar-refractivity contribution < 1.29 is 9.53 Å². The lowest BCUT2D eigenvalue weighted by atomic mass is 10.2. The van der Waals surface area contributed by atoms with Gasteiger partial charge in [0.05, 0.1) is 23.4 Å². The molecule has 0 bridgehead atoms. The molecule has 1 aliphatic rings. The van der Waals surface area contributed by atoms with Gasteiger partial charge in [-0.25, -0.2) is 9.97 Å². The van der Waals surface area contributed by atoms with Gasteiger partial charge in [-0.2, -0.15) is 9.78 Å². The first kappa shape index (κ1) is 20.1. The number of ether oxygens (including phenoxy) is 1. The van der Waals surface area contributed by atoms with Crippen molar-refractivity contribution in [2.75, 3.05) is 18.9 Å². The van der Waals surface area contributed by atoms with Gasteiger partial charge in [0.1, 0.15) is 16.9 Å². The molecule has 0 spiro atoms. The molecule has 1 saturated heterocycles. The maximum atomic E-state index is 13.1. The summed E-state index contributed by atoms with van der Waals surface area (Å²) in [5.41, 5.74) is 11.0. The van der Waals surface area contributed by atoms with E-state index in [0.717, 1.165) is 30.6 Å². The van der Waals surface area contributed by atoms with Crippen LogP contribution in [0.4, 0.5) is 5.82 Å². The predicted octanol–water partition coefficient (Wildman–Crippen LogP) is 3.27. The average molecular weight is 428 g/mol. The van der Waals surface area contributed by atoms with E-state index in [0.29, 0.717) is 28.7 Å². The molecule has 0 radical (unpaired) electrons. The van der Waals surface area contributed by atoms with Crippen molar-refractivity contribution in [2.45, 2.75) is 25.9 Å². The van der Waals surface area contributed by atoms with Gasteiger partial charge in [-0.3, -0.25) is 4.79 Å². The van der Waals surface area contributed by atoms with Crippen molar-refractivity contribution in [2.24, 2.45) is 5.10 Å². The van der Waals surface area contributed by atoms with Gasteiger partial charge < -0.3 is 15.8 Å². The molecule has 3 heterocycles. The molecule has 8 heteroatoms. The van der Waals surface area contributed by atoms with Gasteiger partial charge in [0.15, 0.2) is 5.65 Å². The molecule has 1 aliphatic heterocycles. The fourth-order valence-corrected chi connectivity index (χ4v) is 3.87. The quantitative estimate of drug-likeness (QED) is 0.475. The lowest BCUT2D eigenvalue weighted by Crippen LogP contribution is -2.32. The molecule has 4 aromatic rings. The van der Waals surface area contributed by atoms with E-state index in [1.165, 1.54) is 4.68 Å². The van der Waals surface area contributed by atoms with Gasteiger partial charge in [0, 0.05) is 13.2 Å². The van der Waals surface area contributed by atoms with Crippen LogP contribution in [-0.4, -0.2) is 46.0 Å². The molecule has 1 fully saturated rings. The fraction of sp³-hybridized carbons (Fsp3) is 0.250. The Kier molecular flexibility index (Phi) is 5.28. The number of nitrogen functional groups attached to an aromatic ring is 1. The van der Waals surface area contributed by atoms with Crippen LogP contribution in [0.2, 0.25) is 0 Å². The fourth-order valence-electron chi connectivity index (χ4n) is 3.87. The third-order valence-corrected chi connectivity index (χ3v) is 5.61. The number of para-hydroxylation sites is 2. The summed E-state index contributed by atoms with van der Waals surface area (Å²) in [5.74, 6) is -0.111. The number of hydrogen-bond acceptors (Lipinski definition) is 6. The van der Waals surface area contributed by atoms with Crippen molar-refractivity contribution in [1.82, 2.24) is 20.0 Å². The first-order valence-corrected chi connectivity index (χ1v) is 10.7. The Labute approximate surface area is 185 Å². The Morgan fingerprint density at radius 2 is 1.97 bits per heavy atom. The number of fused-ring (bicyclic) bond motifs is 2. The highest BCUT2D eigenvalue weighted by Gasteiger charge is 2.25. The number of nitrogens with one attached hydrogen (secondary N) is 1. The van der Waals surface area contributed by atoms with E-state index in [-0.39, 0.29) is 23.4 Å². The number of carbonyl (C=O) groups is 1. The highest BCUT2D eigenvalue weighted by molar-refractivity contribution is 6.10. The van der Waals surface area contributed by atoms with Crippen LogP contribution in [0.3, 0.4) is 0 Å². The van der Waals surface area contributed by atoms with Gasteiger partial charge in [0.25, 0.3) is 5.91 Å². The molecule has 0 aliphatic carbocycles. The van der Waals surface area contributed by atoms with Crippen LogP contribution in [0.15, 0.2) is 53.6 Å². The van der Waals surface area contributed by atoms with Gasteiger partial charge in [-0.15, -0.1) is 0 Å². The van der Waals surface area contributed by atoms with Crippen LogP contribution in [0, 0.1) is 6.92 Å². The normalized spacial score (nSPS) is 16.3. The second kappa shape index (κ2) is 8.39. The molecule has 1 unspecified atom stereocenters. The van der Waals surface area contributed by atoms with E-state index >= 15 is 0 Å². The first-order valence-electron chi connectivity index (χ1n) is 10.7. The summed E-state index contributed by atoms with van der Waals surface area (Å²) >= 11 is 0. The van der Waals surface area contributed by atoms with Crippen LogP contribution in [0.25, 0.3) is 22.2 Å². The number of aryl methyl sites for hydroxylation is 1. The summed E-state index contributed by atoms with van der Waals surface area (Å²) in [7, 11) is 0. The molecule has 8 nitrogen and oxygen atoms in total. The minimum atomic E-state index is -0.308. The Balaban J connectivity index is 1.58. The van der Waals surface area contributed by atoms with E-state index in [1.54, 1.807) is 6.21 Å². The SMILES string of the molecule is Cc1ccc(/C=N/n2c(N)c(C(=O)NCC3CCCO3)c3nc4ccccc4nc32)cc1. The van der Waals surface area contributed by atoms with Gasteiger partial charge >= 0.3 is 0 Å². The zero-order chi connectivity index (χ0) is 22.1. The maximum absolute atomic E-state index is 13.1. The van der Waals surface area contributed by atoms with Gasteiger partial charge in [-0.1, -0.05) is 42.0 Å². The maximum Gasteiger partial charge on any atom is 0.257 e.